The molecule has 0 bridgehead atoms. The lowest BCUT2D eigenvalue weighted by Crippen LogP contribution is -2.42. The molecule has 0 spiro atoms. The van der Waals surface area contributed by atoms with E-state index in [0.29, 0.717) is 0 Å². The summed E-state index contributed by atoms with van der Waals surface area (Å²) < 4.78 is 0. The van der Waals surface area contributed by atoms with Gasteiger partial charge in [0, 0.05) is 12.1 Å². The van der Waals surface area contributed by atoms with Crippen molar-refractivity contribution in [3.63, 3.8) is 0 Å². The number of hydrogen-bond acceptors (Lipinski definition) is 1. The van der Waals surface area contributed by atoms with E-state index in [0.717, 1.165) is 23.9 Å². The fourth-order valence-electron chi connectivity index (χ4n) is 3.23. The van der Waals surface area contributed by atoms with Gasteiger partial charge < -0.3 is 5.32 Å². The fraction of sp³-hybridized carbons (Fsp3) is 1.00. The molecule has 1 heteroatoms. The van der Waals surface area contributed by atoms with Crippen molar-refractivity contribution in [2.24, 2.45) is 11.8 Å². The van der Waals surface area contributed by atoms with Crippen molar-refractivity contribution >= 4 is 0 Å². The average Bonchev–Trinajstić information content (AvgIpc) is 2.56. The molecule has 0 aromatic rings. The Morgan fingerprint density at radius 1 is 0.929 bits per heavy atom. The summed E-state index contributed by atoms with van der Waals surface area (Å²) in [5, 5.41) is 3.90. The van der Waals surface area contributed by atoms with E-state index < -0.39 is 0 Å². The number of nitrogens with one attached hydrogen (secondary N) is 1. The van der Waals surface area contributed by atoms with Gasteiger partial charge in [0.15, 0.2) is 0 Å². The van der Waals surface area contributed by atoms with Crippen LogP contribution in [0, 0.1) is 11.8 Å². The minimum Gasteiger partial charge on any atom is -0.311 e. The molecule has 4 atom stereocenters. The Hall–Kier alpha value is -0.0400. The van der Waals surface area contributed by atoms with E-state index in [4.69, 9.17) is 0 Å². The van der Waals surface area contributed by atoms with Gasteiger partial charge in [-0.25, -0.2) is 0 Å². The lowest BCUT2D eigenvalue weighted by Gasteiger charge is -2.32. The van der Waals surface area contributed by atoms with Crippen molar-refractivity contribution in [2.45, 2.75) is 70.9 Å². The summed E-state index contributed by atoms with van der Waals surface area (Å²) in [6.07, 6.45) is 10.1. The fourth-order valence-corrected chi connectivity index (χ4v) is 3.23. The second-order valence-electron chi connectivity index (χ2n) is 5.65. The van der Waals surface area contributed by atoms with Crippen LogP contribution in [0.4, 0.5) is 0 Å². The average molecular weight is 195 g/mol. The van der Waals surface area contributed by atoms with E-state index in [1.165, 1.54) is 44.9 Å². The van der Waals surface area contributed by atoms with Crippen molar-refractivity contribution in [1.82, 2.24) is 5.32 Å². The highest BCUT2D eigenvalue weighted by Gasteiger charge is 2.27. The van der Waals surface area contributed by atoms with Crippen molar-refractivity contribution < 1.29 is 0 Å². The second kappa shape index (κ2) is 4.65. The smallest absolute Gasteiger partial charge is 0.00952 e. The molecule has 1 nitrogen and oxygen atoms in total. The monoisotopic (exact) mass is 195 g/mol. The molecule has 0 aliphatic heterocycles. The van der Waals surface area contributed by atoms with Crippen LogP contribution in [0.1, 0.15) is 58.8 Å². The Balaban J connectivity index is 1.78. The highest BCUT2D eigenvalue weighted by molar-refractivity contribution is 4.85. The van der Waals surface area contributed by atoms with Gasteiger partial charge in [0.05, 0.1) is 0 Å². The first-order valence-electron chi connectivity index (χ1n) is 6.51. The first-order valence-corrected chi connectivity index (χ1v) is 6.51. The Labute approximate surface area is 88.7 Å². The van der Waals surface area contributed by atoms with E-state index >= 15 is 0 Å². The van der Waals surface area contributed by atoms with Crippen LogP contribution in [0.2, 0.25) is 0 Å². The topological polar surface area (TPSA) is 12.0 Å². The molecule has 2 aliphatic carbocycles. The Morgan fingerprint density at radius 2 is 1.71 bits per heavy atom. The Kier molecular flexibility index (Phi) is 3.48. The SMILES string of the molecule is C[C@H]1CC[C@@H](N[C@@H]2CCCC[C@@H]2C)C1. The minimum atomic E-state index is 0.832. The van der Waals surface area contributed by atoms with Crippen LogP contribution in [-0.2, 0) is 0 Å². The quantitative estimate of drug-likeness (QED) is 0.712. The van der Waals surface area contributed by atoms with Crippen molar-refractivity contribution in [3.05, 3.63) is 0 Å². The predicted octanol–water partition coefficient (Wildman–Crippen LogP) is 3.34. The normalized spacial score (nSPS) is 44.1. The van der Waals surface area contributed by atoms with E-state index in [1.807, 2.05) is 0 Å². The van der Waals surface area contributed by atoms with Gasteiger partial charge >= 0.3 is 0 Å². The molecule has 2 rings (SSSR count). The molecule has 14 heavy (non-hydrogen) atoms. The summed E-state index contributed by atoms with van der Waals surface area (Å²) in [5.41, 5.74) is 0. The van der Waals surface area contributed by atoms with E-state index in [9.17, 15) is 0 Å². The maximum absolute atomic E-state index is 3.90. The molecule has 0 amide bonds. The lowest BCUT2D eigenvalue weighted by molar-refractivity contribution is 0.257. The molecule has 0 aromatic carbocycles. The third kappa shape index (κ3) is 2.50. The standard InChI is InChI=1S/C13H25N/c1-10-7-8-12(9-10)14-13-6-4-3-5-11(13)2/h10-14H,3-9H2,1-2H3/t10-,11-,12+,13+/m0/s1. The van der Waals surface area contributed by atoms with Gasteiger partial charge in [-0.1, -0.05) is 26.7 Å². The molecule has 0 unspecified atom stereocenters. The Bertz CT molecular complexity index is 178. The summed E-state index contributed by atoms with van der Waals surface area (Å²) >= 11 is 0. The van der Waals surface area contributed by atoms with Crippen LogP contribution in [0.5, 0.6) is 0 Å². The van der Waals surface area contributed by atoms with Crippen LogP contribution in [0.3, 0.4) is 0 Å². The van der Waals surface area contributed by atoms with Crippen LogP contribution >= 0.6 is 0 Å². The molecule has 0 radical (unpaired) electrons. The Morgan fingerprint density at radius 3 is 2.36 bits per heavy atom. The van der Waals surface area contributed by atoms with Crippen LogP contribution in [0.15, 0.2) is 0 Å². The maximum atomic E-state index is 3.90. The molecule has 0 saturated heterocycles. The molecular formula is C13H25N. The summed E-state index contributed by atoms with van der Waals surface area (Å²) in [5.74, 6) is 1.88. The van der Waals surface area contributed by atoms with Crippen molar-refractivity contribution in [3.8, 4) is 0 Å². The lowest BCUT2D eigenvalue weighted by atomic mass is 9.85. The summed E-state index contributed by atoms with van der Waals surface area (Å²) in [4.78, 5) is 0. The predicted molar refractivity (Wildman–Crippen MR) is 61.4 cm³/mol. The van der Waals surface area contributed by atoms with Gasteiger partial charge in [0.2, 0.25) is 0 Å². The minimum absolute atomic E-state index is 0.832. The molecule has 0 heterocycles. The zero-order valence-electron chi connectivity index (χ0n) is 9.76. The molecular weight excluding hydrogens is 170 g/mol. The third-order valence-corrected chi connectivity index (χ3v) is 4.26. The molecule has 2 fully saturated rings. The highest BCUT2D eigenvalue weighted by atomic mass is 15.0. The third-order valence-electron chi connectivity index (χ3n) is 4.26. The van der Waals surface area contributed by atoms with Gasteiger partial charge in [-0.2, -0.15) is 0 Å². The van der Waals surface area contributed by atoms with Crippen LogP contribution in [0.25, 0.3) is 0 Å². The first kappa shape index (κ1) is 10.5. The first-order chi connectivity index (χ1) is 6.75. The molecule has 82 valence electrons. The molecule has 2 aliphatic rings. The number of hydrogen-bond donors (Lipinski definition) is 1. The molecule has 2 saturated carbocycles. The molecule has 0 aromatic heterocycles. The largest absolute Gasteiger partial charge is 0.311 e. The summed E-state index contributed by atoms with van der Waals surface area (Å²) in [6, 6.07) is 1.68. The van der Waals surface area contributed by atoms with Gasteiger partial charge in [0.25, 0.3) is 0 Å². The van der Waals surface area contributed by atoms with Crippen molar-refractivity contribution in [1.29, 1.82) is 0 Å². The second-order valence-corrected chi connectivity index (χ2v) is 5.65. The number of rotatable bonds is 2. The van der Waals surface area contributed by atoms with Gasteiger partial charge in [-0.15, -0.1) is 0 Å². The maximum Gasteiger partial charge on any atom is 0.00952 e. The zero-order chi connectivity index (χ0) is 9.97. The van der Waals surface area contributed by atoms with Gasteiger partial charge in [-0.3, -0.25) is 0 Å². The molecule has 1 N–H and O–H groups in total. The summed E-state index contributed by atoms with van der Waals surface area (Å²) in [6.45, 7) is 4.82. The zero-order valence-corrected chi connectivity index (χ0v) is 9.76. The van der Waals surface area contributed by atoms with Crippen molar-refractivity contribution in [2.75, 3.05) is 0 Å². The van der Waals surface area contributed by atoms with Gasteiger partial charge in [0.1, 0.15) is 0 Å². The van der Waals surface area contributed by atoms with Crippen LogP contribution < -0.4 is 5.32 Å². The van der Waals surface area contributed by atoms with Gasteiger partial charge in [-0.05, 0) is 43.9 Å². The van der Waals surface area contributed by atoms with E-state index in [-0.39, 0.29) is 0 Å². The van der Waals surface area contributed by atoms with Crippen LogP contribution in [-0.4, -0.2) is 12.1 Å². The highest BCUT2D eigenvalue weighted by Crippen LogP contribution is 2.29. The summed E-state index contributed by atoms with van der Waals surface area (Å²) in [7, 11) is 0. The van der Waals surface area contributed by atoms with E-state index in [1.54, 1.807) is 0 Å². The van der Waals surface area contributed by atoms with E-state index in [2.05, 4.69) is 19.2 Å².